The molecule has 0 aromatic carbocycles. The summed E-state index contributed by atoms with van der Waals surface area (Å²) in [5, 5.41) is 0.679. The molecule has 1 nitrogen and oxygen atoms in total. The molecule has 0 radical (unpaired) electrons. The van der Waals surface area contributed by atoms with E-state index in [1.165, 1.54) is 0 Å². The van der Waals surface area contributed by atoms with Crippen LogP contribution in [0.4, 0.5) is 4.53 Å². The highest BCUT2D eigenvalue weighted by molar-refractivity contribution is 6.31. The van der Waals surface area contributed by atoms with Gasteiger partial charge in [0.15, 0.2) is 0 Å². The van der Waals surface area contributed by atoms with E-state index in [2.05, 4.69) is 11.5 Å². The van der Waals surface area contributed by atoms with Crippen LogP contribution >= 0.6 is 11.6 Å². The van der Waals surface area contributed by atoms with Gasteiger partial charge >= 0.3 is 0 Å². The predicted molar refractivity (Wildman–Crippen MR) is 54.2 cm³/mol. The van der Waals surface area contributed by atoms with Gasteiger partial charge in [0, 0.05) is 5.03 Å². The lowest BCUT2D eigenvalue weighted by Crippen LogP contribution is -1.87. The van der Waals surface area contributed by atoms with Gasteiger partial charge < -0.3 is 0 Å². The normalized spacial score (nSPS) is 13.2. The molecule has 0 rings (SSSR count). The van der Waals surface area contributed by atoms with E-state index in [9.17, 15) is 4.53 Å². The van der Waals surface area contributed by atoms with E-state index in [1.807, 2.05) is 6.92 Å². The van der Waals surface area contributed by atoms with E-state index in [0.717, 1.165) is 12.0 Å². The first-order chi connectivity index (χ1) is 6.22. The standard InChI is InChI=1S/C10H14ClFO/c1-3-4-7-10(11)9(2)6-5-8-13-12/h3-4,7H,1,5-6,8H2,2H3/b7-4-,10-9-. The summed E-state index contributed by atoms with van der Waals surface area (Å²) >= 11 is 5.90. The molecule has 74 valence electrons. The Morgan fingerprint density at radius 3 is 2.85 bits per heavy atom. The number of hydrogen-bond acceptors (Lipinski definition) is 1. The number of rotatable bonds is 6. The maximum Gasteiger partial charge on any atom is 0.0879 e. The molecule has 0 aromatic heterocycles. The fourth-order valence-corrected chi connectivity index (χ4v) is 0.973. The fourth-order valence-electron chi connectivity index (χ4n) is 0.806. The summed E-state index contributed by atoms with van der Waals surface area (Å²) in [6.07, 6.45) is 6.56. The van der Waals surface area contributed by atoms with Crippen molar-refractivity contribution in [3.63, 3.8) is 0 Å². The van der Waals surface area contributed by atoms with Crippen LogP contribution in [-0.2, 0) is 4.94 Å². The van der Waals surface area contributed by atoms with Crippen LogP contribution in [-0.4, -0.2) is 6.61 Å². The second-order valence-electron chi connectivity index (χ2n) is 2.64. The Hall–Kier alpha value is -0.600. The third kappa shape index (κ3) is 6.55. The lowest BCUT2D eigenvalue weighted by molar-refractivity contribution is -0.132. The minimum absolute atomic E-state index is 0.118. The SMILES string of the molecule is C=C/C=C\C(Cl)=C(/C)CCCOF. The minimum Gasteiger partial charge on any atom is -0.194 e. The van der Waals surface area contributed by atoms with Gasteiger partial charge in [-0.1, -0.05) is 35.9 Å². The van der Waals surface area contributed by atoms with E-state index >= 15 is 0 Å². The third-order valence-electron chi connectivity index (χ3n) is 1.56. The van der Waals surface area contributed by atoms with Gasteiger partial charge in [-0.3, -0.25) is 0 Å². The van der Waals surface area contributed by atoms with Crippen molar-refractivity contribution in [1.82, 2.24) is 0 Å². The molecule has 3 heteroatoms. The average Bonchev–Trinajstić information content (AvgIpc) is 2.14. The number of halogens is 2. The third-order valence-corrected chi connectivity index (χ3v) is 2.01. The molecule has 13 heavy (non-hydrogen) atoms. The van der Waals surface area contributed by atoms with Crippen LogP contribution in [0.2, 0.25) is 0 Å². The Balaban J connectivity index is 3.95. The van der Waals surface area contributed by atoms with E-state index in [4.69, 9.17) is 11.6 Å². The monoisotopic (exact) mass is 204 g/mol. The fraction of sp³-hybridized carbons (Fsp3) is 0.400. The van der Waals surface area contributed by atoms with E-state index in [-0.39, 0.29) is 6.61 Å². The summed E-state index contributed by atoms with van der Waals surface area (Å²) < 4.78 is 11.3. The quantitative estimate of drug-likeness (QED) is 0.471. The lowest BCUT2D eigenvalue weighted by atomic mass is 10.1. The van der Waals surface area contributed by atoms with Gasteiger partial charge in [-0.15, -0.1) is 0 Å². The largest absolute Gasteiger partial charge is 0.194 e. The first-order valence-electron chi connectivity index (χ1n) is 4.10. The Bertz CT molecular complexity index is 209. The second-order valence-corrected chi connectivity index (χ2v) is 3.05. The predicted octanol–water partition coefficient (Wildman–Crippen LogP) is 3.92. The molecule has 0 amide bonds. The minimum atomic E-state index is 0.118. The number of hydrogen-bond donors (Lipinski definition) is 0. The molecule has 0 aliphatic carbocycles. The van der Waals surface area contributed by atoms with Crippen LogP contribution in [0.1, 0.15) is 19.8 Å². The van der Waals surface area contributed by atoms with Crippen LogP contribution in [0.25, 0.3) is 0 Å². The first-order valence-corrected chi connectivity index (χ1v) is 4.48. The molecule has 0 atom stereocenters. The first kappa shape index (κ1) is 12.4. The van der Waals surface area contributed by atoms with Gasteiger partial charge in [-0.05, 0) is 30.4 Å². The summed E-state index contributed by atoms with van der Waals surface area (Å²) in [5.74, 6) is 0. The van der Waals surface area contributed by atoms with Crippen molar-refractivity contribution in [2.45, 2.75) is 19.8 Å². The molecule has 0 heterocycles. The highest BCUT2D eigenvalue weighted by Crippen LogP contribution is 2.15. The molecule has 0 spiro atoms. The summed E-state index contributed by atoms with van der Waals surface area (Å²) in [6, 6.07) is 0. The Labute approximate surface area is 83.4 Å². The van der Waals surface area contributed by atoms with Crippen LogP contribution < -0.4 is 0 Å². The van der Waals surface area contributed by atoms with Gasteiger partial charge in [0.2, 0.25) is 0 Å². The van der Waals surface area contributed by atoms with Crippen LogP contribution in [0, 0.1) is 0 Å². The van der Waals surface area contributed by atoms with Crippen LogP contribution in [0.3, 0.4) is 0 Å². The highest BCUT2D eigenvalue weighted by atomic mass is 35.5. The molecule has 0 bridgehead atoms. The maximum absolute atomic E-state index is 11.3. The van der Waals surface area contributed by atoms with Gasteiger partial charge in [-0.2, -0.15) is 4.94 Å². The van der Waals surface area contributed by atoms with Gasteiger partial charge in [0.05, 0.1) is 6.61 Å². The topological polar surface area (TPSA) is 9.23 Å². The molecule has 0 unspecified atom stereocenters. The van der Waals surface area contributed by atoms with Crippen LogP contribution in [0.5, 0.6) is 0 Å². The Kier molecular flexibility index (Phi) is 7.65. The second kappa shape index (κ2) is 8.02. The Morgan fingerprint density at radius 1 is 1.62 bits per heavy atom. The Morgan fingerprint density at radius 2 is 2.31 bits per heavy atom. The van der Waals surface area contributed by atoms with Gasteiger partial charge in [0.25, 0.3) is 0 Å². The lowest BCUT2D eigenvalue weighted by Gasteiger charge is -2.00. The van der Waals surface area contributed by atoms with Gasteiger partial charge in [0.1, 0.15) is 0 Å². The van der Waals surface area contributed by atoms with E-state index < -0.39 is 0 Å². The number of allylic oxidation sites excluding steroid dienone is 5. The molecule has 0 aliphatic rings. The molecule has 0 N–H and O–H groups in total. The highest BCUT2D eigenvalue weighted by Gasteiger charge is 1.96. The van der Waals surface area contributed by atoms with E-state index in [1.54, 1.807) is 18.2 Å². The molecule has 0 fully saturated rings. The van der Waals surface area contributed by atoms with Crippen molar-refractivity contribution in [3.05, 3.63) is 35.4 Å². The molecule has 0 aromatic rings. The summed E-state index contributed by atoms with van der Waals surface area (Å²) in [6.45, 7) is 5.56. The van der Waals surface area contributed by atoms with Crippen molar-refractivity contribution in [1.29, 1.82) is 0 Å². The molecule has 0 saturated heterocycles. The summed E-state index contributed by atoms with van der Waals surface area (Å²) in [7, 11) is 0. The zero-order valence-corrected chi connectivity index (χ0v) is 8.48. The van der Waals surface area contributed by atoms with Crippen LogP contribution in [0.15, 0.2) is 35.4 Å². The van der Waals surface area contributed by atoms with Gasteiger partial charge in [-0.25, -0.2) is 0 Å². The van der Waals surface area contributed by atoms with Crippen molar-refractivity contribution in [2.24, 2.45) is 0 Å². The molecule has 0 aliphatic heterocycles. The molecular weight excluding hydrogens is 191 g/mol. The summed E-state index contributed by atoms with van der Waals surface area (Å²) in [5.41, 5.74) is 1.02. The zero-order valence-electron chi connectivity index (χ0n) is 7.72. The molecule has 0 saturated carbocycles. The zero-order chi connectivity index (χ0) is 10.1. The average molecular weight is 205 g/mol. The molecular formula is C10H14ClFO. The van der Waals surface area contributed by atoms with Crippen molar-refractivity contribution < 1.29 is 9.47 Å². The summed E-state index contributed by atoms with van der Waals surface area (Å²) in [4.78, 5) is 3.45. The van der Waals surface area contributed by atoms with Crippen molar-refractivity contribution in [3.8, 4) is 0 Å². The van der Waals surface area contributed by atoms with E-state index in [0.29, 0.717) is 11.5 Å². The van der Waals surface area contributed by atoms with Crippen molar-refractivity contribution in [2.75, 3.05) is 6.61 Å². The van der Waals surface area contributed by atoms with Crippen molar-refractivity contribution >= 4 is 11.6 Å². The smallest absolute Gasteiger partial charge is 0.0879 e. The maximum atomic E-state index is 11.3.